The number of nitrogens with one attached hydrogen (secondary N) is 1. The second kappa shape index (κ2) is 8.23. The molecule has 0 heterocycles. The van der Waals surface area contributed by atoms with Gasteiger partial charge in [0.2, 0.25) is 0 Å². The highest BCUT2D eigenvalue weighted by Crippen LogP contribution is 2.36. The topological polar surface area (TPSA) is 102 Å². The van der Waals surface area contributed by atoms with Crippen LogP contribution in [0.1, 0.15) is 46.0 Å². The van der Waals surface area contributed by atoms with E-state index in [1.54, 1.807) is 0 Å². The molecule has 0 aromatic heterocycles. The molecule has 0 aromatic carbocycles. The van der Waals surface area contributed by atoms with Crippen LogP contribution in [0.25, 0.3) is 0 Å². The molecule has 5 unspecified atom stereocenters. The van der Waals surface area contributed by atoms with Gasteiger partial charge in [-0.05, 0) is 44.6 Å². The van der Waals surface area contributed by atoms with Crippen LogP contribution in [-0.2, 0) is 0 Å². The van der Waals surface area contributed by atoms with Gasteiger partial charge in [0, 0.05) is 24.0 Å². The number of hydrogen-bond donors (Lipinski definition) is 5. The number of aliphatic hydroxyl groups excluding tert-OH is 3. The highest BCUT2D eigenvalue weighted by atomic mass is 16.3. The highest BCUT2D eigenvalue weighted by Gasteiger charge is 2.46. The molecular formula is C17H35N3O3. The summed E-state index contributed by atoms with van der Waals surface area (Å²) in [7, 11) is 1.98. The molecule has 2 rings (SSSR count). The van der Waals surface area contributed by atoms with E-state index in [1.807, 2.05) is 7.05 Å². The van der Waals surface area contributed by atoms with Gasteiger partial charge in [-0.2, -0.15) is 0 Å². The molecule has 0 amide bonds. The summed E-state index contributed by atoms with van der Waals surface area (Å²) in [5.74, 6) is 1.10. The van der Waals surface area contributed by atoms with E-state index < -0.39 is 6.23 Å². The van der Waals surface area contributed by atoms with Crippen LogP contribution in [0.4, 0.5) is 0 Å². The Kier molecular flexibility index (Phi) is 6.83. The summed E-state index contributed by atoms with van der Waals surface area (Å²) in [5.41, 5.74) is 5.74. The minimum atomic E-state index is -0.504. The second-order valence-electron chi connectivity index (χ2n) is 7.52. The fourth-order valence-electron chi connectivity index (χ4n) is 4.50. The zero-order valence-electron chi connectivity index (χ0n) is 14.7. The third-order valence-electron chi connectivity index (χ3n) is 6.30. The third-order valence-corrected chi connectivity index (χ3v) is 6.30. The molecule has 6 N–H and O–H groups in total. The van der Waals surface area contributed by atoms with E-state index >= 15 is 0 Å². The van der Waals surface area contributed by atoms with E-state index in [-0.39, 0.29) is 30.8 Å². The summed E-state index contributed by atoms with van der Waals surface area (Å²) < 4.78 is 0. The maximum atomic E-state index is 10.5. The molecule has 2 saturated carbocycles. The molecule has 2 aliphatic rings. The molecule has 23 heavy (non-hydrogen) atoms. The predicted octanol–water partition coefficient (Wildman–Crippen LogP) is 0.0675. The summed E-state index contributed by atoms with van der Waals surface area (Å²) in [6.45, 7) is 4.41. The molecule has 0 aromatic rings. The van der Waals surface area contributed by atoms with Gasteiger partial charge in [-0.1, -0.05) is 20.3 Å². The first-order chi connectivity index (χ1) is 10.9. The van der Waals surface area contributed by atoms with Crippen LogP contribution in [0.5, 0.6) is 0 Å². The highest BCUT2D eigenvalue weighted by molar-refractivity contribution is 5.01. The number of nitrogens with two attached hydrogens (primary N) is 1. The summed E-state index contributed by atoms with van der Waals surface area (Å²) in [6, 6.07) is 0.483. The van der Waals surface area contributed by atoms with Crippen molar-refractivity contribution >= 4 is 0 Å². The Bertz CT molecular complexity index is 363. The molecule has 0 bridgehead atoms. The van der Waals surface area contributed by atoms with Crippen molar-refractivity contribution in [2.75, 3.05) is 13.8 Å². The molecule has 0 radical (unpaired) electrons. The summed E-state index contributed by atoms with van der Waals surface area (Å²) >= 11 is 0. The number of rotatable bonds is 8. The van der Waals surface area contributed by atoms with Crippen LogP contribution in [-0.4, -0.2) is 64.5 Å². The quantitative estimate of drug-likeness (QED) is 0.404. The Morgan fingerprint density at radius 1 is 1.35 bits per heavy atom. The molecule has 2 fully saturated rings. The molecule has 2 aliphatic carbocycles. The first-order valence-corrected chi connectivity index (χ1v) is 9.10. The van der Waals surface area contributed by atoms with E-state index in [0.717, 1.165) is 25.7 Å². The van der Waals surface area contributed by atoms with Gasteiger partial charge in [0.15, 0.2) is 0 Å². The van der Waals surface area contributed by atoms with Crippen molar-refractivity contribution in [3.05, 3.63) is 0 Å². The Morgan fingerprint density at radius 3 is 2.52 bits per heavy atom. The van der Waals surface area contributed by atoms with Gasteiger partial charge < -0.3 is 21.1 Å². The van der Waals surface area contributed by atoms with Gasteiger partial charge in [0.05, 0.1) is 12.8 Å². The van der Waals surface area contributed by atoms with E-state index in [4.69, 9.17) is 5.73 Å². The van der Waals surface area contributed by atoms with Gasteiger partial charge in [-0.3, -0.25) is 10.2 Å². The average molecular weight is 329 g/mol. The Hall–Kier alpha value is -0.240. The predicted molar refractivity (Wildman–Crippen MR) is 90.5 cm³/mol. The summed E-state index contributed by atoms with van der Waals surface area (Å²) in [5, 5.41) is 32.5. The SMILES string of the molecule is CC[C@H]1CCC(N(C)C(O)CCC2C(O)[C@H]2N)[C@@H](C)C1NCO. The molecule has 8 atom stereocenters. The van der Waals surface area contributed by atoms with E-state index in [9.17, 15) is 15.3 Å². The minimum Gasteiger partial charge on any atom is -0.391 e. The average Bonchev–Trinajstić information content (AvgIpc) is 3.12. The zero-order chi connectivity index (χ0) is 17.1. The zero-order valence-corrected chi connectivity index (χ0v) is 14.7. The molecule has 6 heteroatoms. The van der Waals surface area contributed by atoms with Crippen LogP contribution in [0, 0.1) is 17.8 Å². The molecule has 0 saturated heterocycles. The lowest BCUT2D eigenvalue weighted by molar-refractivity contribution is -0.0518. The number of hydrogen-bond acceptors (Lipinski definition) is 6. The molecule has 0 aliphatic heterocycles. The Labute approximate surface area is 140 Å². The van der Waals surface area contributed by atoms with Gasteiger partial charge in [0.1, 0.15) is 6.23 Å². The maximum Gasteiger partial charge on any atom is 0.107 e. The number of nitrogens with zero attached hydrogens (tertiary/aromatic N) is 1. The normalized spacial score (nSPS) is 42.0. The van der Waals surface area contributed by atoms with Crippen molar-refractivity contribution in [1.82, 2.24) is 10.2 Å². The fraction of sp³-hybridized carbons (Fsp3) is 1.00. The minimum absolute atomic E-state index is 0.00194. The van der Waals surface area contributed by atoms with Crippen LogP contribution >= 0.6 is 0 Å². The first-order valence-electron chi connectivity index (χ1n) is 9.10. The molecule has 6 nitrogen and oxygen atoms in total. The van der Waals surface area contributed by atoms with Crippen LogP contribution in [0.15, 0.2) is 0 Å². The van der Waals surface area contributed by atoms with Crippen molar-refractivity contribution in [3.8, 4) is 0 Å². The van der Waals surface area contributed by atoms with Gasteiger partial charge in [0.25, 0.3) is 0 Å². The largest absolute Gasteiger partial charge is 0.391 e. The van der Waals surface area contributed by atoms with Crippen molar-refractivity contribution in [2.24, 2.45) is 23.5 Å². The summed E-state index contributed by atoms with van der Waals surface area (Å²) in [6.07, 6.45) is 3.82. The first kappa shape index (κ1) is 19.1. The lowest BCUT2D eigenvalue weighted by atomic mass is 9.73. The number of aliphatic hydroxyl groups is 3. The maximum absolute atomic E-state index is 10.5. The summed E-state index contributed by atoms with van der Waals surface area (Å²) in [4.78, 5) is 2.07. The molecular weight excluding hydrogens is 294 g/mol. The van der Waals surface area contributed by atoms with Crippen LogP contribution in [0.2, 0.25) is 0 Å². The van der Waals surface area contributed by atoms with Crippen molar-refractivity contribution in [2.45, 2.75) is 76.4 Å². The Balaban J connectivity index is 1.88. The van der Waals surface area contributed by atoms with Crippen molar-refractivity contribution in [1.29, 1.82) is 0 Å². The standard InChI is InChI=1S/C17H35N3O3/c1-4-11-5-7-13(10(2)16(11)19-9-21)20(3)14(22)8-6-12-15(18)17(12)23/h10-17,19,21-23H,4-9,18H2,1-3H3/t10-,11+,12?,13?,14?,15+,16?,17?/m1/s1. The lowest BCUT2D eigenvalue weighted by Gasteiger charge is -2.46. The van der Waals surface area contributed by atoms with Gasteiger partial charge >= 0.3 is 0 Å². The van der Waals surface area contributed by atoms with Gasteiger partial charge in [-0.25, -0.2) is 0 Å². The van der Waals surface area contributed by atoms with Gasteiger partial charge in [-0.15, -0.1) is 0 Å². The molecule has 136 valence electrons. The van der Waals surface area contributed by atoms with E-state index in [0.29, 0.717) is 24.3 Å². The fourth-order valence-corrected chi connectivity index (χ4v) is 4.50. The molecule has 0 spiro atoms. The Morgan fingerprint density at radius 2 is 2.00 bits per heavy atom. The van der Waals surface area contributed by atoms with Crippen molar-refractivity contribution in [3.63, 3.8) is 0 Å². The lowest BCUT2D eigenvalue weighted by Crippen LogP contribution is -2.55. The van der Waals surface area contributed by atoms with Crippen LogP contribution < -0.4 is 11.1 Å². The van der Waals surface area contributed by atoms with E-state index in [2.05, 4.69) is 24.1 Å². The van der Waals surface area contributed by atoms with Crippen molar-refractivity contribution < 1.29 is 15.3 Å². The monoisotopic (exact) mass is 329 g/mol. The van der Waals surface area contributed by atoms with Crippen LogP contribution in [0.3, 0.4) is 0 Å². The van der Waals surface area contributed by atoms with E-state index in [1.165, 1.54) is 0 Å². The third kappa shape index (κ3) is 4.24. The smallest absolute Gasteiger partial charge is 0.107 e. The second-order valence-corrected chi connectivity index (χ2v) is 7.52.